The molecule has 0 amide bonds. The van der Waals surface area contributed by atoms with Crippen LogP contribution in [0.4, 0.5) is 0 Å². The molecule has 1 saturated heterocycles. The van der Waals surface area contributed by atoms with Crippen LogP contribution in [0.5, 0.6) is 0 Å². The molecule has 8 nitrogen and oxygen atoms in total. The van der Waals surface area contributed by atoms with Crippen molar-refractivity contribution in [3.8, 4) is 0 Å². The summed E-state index contributed by atoms with van der Waals surface area (Å²) in [7, 11) is 0. The van der Waals surface area contributed by atoms with Crippen molar-refractivity contribution in [3.05, 3.63) is 12.4 Å². The second kappa shape index (κ2) is 4.44. The monoisotopic (exact) mass is 231 g/mol. The predicted octanol–water partition coefficient (Wildman–Crippen LogP) is -2.75. The Balaban J connectivity index is 2.24. The number of hydrogen-bond donors (Lipinski definition) is 4. The van der Waals surface area contributed by atoms with Crippen LogP contribution < -0.4 is 0 Å². The molecule has 0 aromatic carbocycles. The predicted molar refractivity (Wildman–Crippen MR) is 49.0 cm³/mol. The average molecular weight is 231 g/mol. The third kappa shape index (κ3) is 1.81. The maximum Gasteiger partial charge on any atom is 0.183 e. The molecule has 8 heteroatoms. The molecule has 2 rings (SSSR count). The summed E-state index contributed by atoms with van der Waals surface area (Å²) in [6.07, 6.45) is -1.90. The highest BCUT2D eigenvalue weighted by Crippen LogP contribution is 2.31. The zero-order chi connectivity index (χ0) is 11.7. The van der Waals surface area contributed by atoms with Crippen molar-refractivity contribution < 1.29 is 25.2 Å². The third-order valence-electron chi connectivity index (χ3n) is 2.59. The van der Waals surface area contributed by atoms with E-state index < -0.39 is 37.3 Å². The topological polar surface area (TPSA) is 121 Å². The van der Waals surface area contributed by atoms with E-state index in [0.717, 1.165) is 0 Å². The highest BCUT2D eigenvalue weighted by atomic mass is 16.6. The molecular formula is C8H13N3O5. The second-order valence-electron chi connectivity index (χ2n) is 3.61. The fourth-order valence-electron chi connectivity index (χ4n) is 1.79. The third-order valence-corrected chi connectivity index (χ3v) is 2.59. The summed E-state index contributed by atoms with van der Waals surface area (Å²) in [6, 6.07) is -0.778. The number of aliphatic hydroxyl groups is 4. The minimum atomic E-state index is -1.42. The molecule has 2 heterocycles. The van der Waals surface area contributed by atoms with Crippen molar-refractivity contribution in [1.82, 2.24) is 15.0 Å². The molecule has 5 atom stereocenters. The standard InChI is InChI=1S/C8H13N3O5/c12-3-4(13)7-5(6(14)8(15)16-7)11-2-1-9-10-11/h1-2,4-8,12-15H,3H2/t4-,5-,6-,7+,8?/m1/s1. The number of hydrogen-bond acceptors (Lipinski definition) is 7. The first-order valence-corrected chi connectivity index (χ1v) is 4.81. The Morgan fingerprint density at radius 3 is 2.75 bits per heavy atom. The Morgan fingerprint density at radius 1 is 1.44 bits per heavy atom. The summed E-state index contributed by atoms with van der Waals surface area (Å²) in [5, 5.41) is 44.6. The van der Waals surface area contributed by atoms with E-state index in [9.17, 15) is 15.3 Å². The molecule has 4 N–H and O–H groups in total. The van der Waals surface area contributed by atoms with Gasteiger partial charge in [-0.1, -0.05) is 5.21 Å². The normalized spacial score (nSPS) is 36.5. The van der Waals surface area contributed by atoms with Crippen LogP contribution in [0.1, 0.15) is 6.04 Å². The van der Waals surface area contributed by atoms with Gasteiger partial charge in [0, 0.05) is 6.20 Å². The Kier molecular flexibility index (Phi) is 3.17. The largest absolute Gasteiger partial charge is 0.394 e. The molecule has 0 spiro atoms. The molecule has 0 radical (unpaired) electrons. The lowest BCUT2D eigenvalue weighted by Crippen LogP contribution is -2.38. The van der Waals surface area contributed by atoms with E-state index in [2.05, 4.69) is 10.3 Å². The van der Waals surface area contributed by atoms with Gasteiger partial charge in [0.2, 0.25) is 0 Å². The van der Waals surface area contributed by atoms with Gasteiger partial charge in [-0.25, -0.2) is 4.68 Å². The van der Waals surface area contributed by atoms with E-state index in [0.29, 0.717) is 0 Å². The SMILES string of the molecule is OC[C@@H](O)[C@@H]1OC(O)[C@H](O)[C@H]1n1ccnn1. The molecule has 1 unspecified atom stereocenters. The lowest BCUT2D eigenvalue weighted by molar-refractivity contribution is -0.149. The second-order valence-corrected chi connectivity index (χ2v) is 3.61. The average Bonchev–Trinajstić information content (AvgIpc) is 2.87. The molecule has 16 heavy (non-hydrogen) atoms. The molecular weight excluding hydrogens is 218 g/mol. The van der Waals surface area contributed by atoms with Crippen molar-refractivity contribution in [2.75, 3.05) is 6.61 Å². The molecule has 0 aliphatic carbocycles. The van der Waals surface area contributed by atoms with Crippen LogP contribution in [0.3, 0.4) is 0 Å². The van der Waals surface area contributed by atoms with Crippen LogP contribution in [0.25, 0.3) is 0 Å². The van der Waals surface area contributed by atoms with Gasteiger partial charge in [0.25, 0.3) is 0 Å². The summed E-state index contributed by atoms with van der Waals surface area (Å²) in [6.45, 7) is -0.532. The zero-order valence-electron chi connectivity index (χ0n) is 8.29. The highest BCUT2D eigenvalue weighted by molar-refractivity contribution is 4.94. The van der Waals surface area contributed by atoms with Crippen molar-refractivity contribution >= 4 is 0 Å². The molecule has 1 aliphatic rings. The first kappa shape index (κ1) is 11.4. The number of rotatable bonds is 3. The van der Waals surface area contributed by atoms with E-state index in [1.54, 1.807) is 0 Å². The first-order chi connectivity index (χ1) is 7.65. The number of ether oxygens (including phenoxy) is 1. The van der Waals surface area contributed by atoms with Crippen molar-refractivity contribution in [2.45, 2.75) is 30.6 Å². The fourth-order valence-corrected chi connectivity index (χ4v) is 1.79. The smallest absolute Gasteiger partial charge is 0.183 e. The first-order valence-electron chi connectivity index (χ1n) is 4.81. The van der Waals surface area contributed by atoms with Gasteiger partial charge in [-0.05, 0) is 0 Å². The van der Waals surface area contributed by atoms with Gasteiger partial charge >= 0.3 is 0 Å². The summed E-state index contributed by atoms with van der Waals surface area (Å²) < 4.78 is 6.25. The van der Waals surface area contributed by atoms with E-state index in [-0.39, 0.29) is 0 Å². The Labute approximate surface area is 90.7 Å². The summed E-state index contributed by atoms with van der Waals surface area (Å²) in [5.74, 6) is 0. The van der Waals surface area contributed by atoms with Gasteiger partial charge in [0.1, 0.15) is 24.4 Å². The van der Waals surface area contributed by atoms with Crippen LogP contribution in [-0.2, 0) is 4.74 Å². The lowest BCUT2D eigenvalue weighted by atomic mass is 10.0. The summed E-state index contributed by atoms with van der Waals surface area (Å²) >= 11 is 0. The quantitative estimate of drug-likeness (QED) is 0.445. The molecule has 1 aromatic rings. The maximum atomic E-state index is 9.69. The highest BCUT2D eigenvalue weighted by Gasteiger charge is 2.47. The number of nitrogens with zero attached hydrogens (tertiary/aromatic N) is 3. The van der Waals surface area contributed by atoms with Crippen molar-refractivity contribution in [1.29, 1.82) is 0 Å². The number of aromatic nitrogens is 3. The zero-order valence-corrected chi connectivity index (χ0v) is 8.29. The number of aliphatic hydroxyl groups excluding tert-OH is 4. The molecule has 1 aromatic heterocycles. The maximum absolute atomic E-state index is 9.69. The van der Waals surface area contributed by atoms with Gasteiger partial charge in [-0.2, -0.15) is 0 Å². The van der Waals surface area contributed by atoms with Crippen LogP contribution >= 0.6 is 0 Å². The molecule has 1 aliphatic heterocycles. The summed E-state index contributed by atoms with van der Waals surface area (Å²) in [4.78, 5) is 0. The van der Waals surface area contributed by atoms with Crippen LogP contribution in [0.15, 0.2) is 12.4 Å². The molecule has 1 fully saturated rings. The van der Waals surface area contributed by atoms with Crippen LogP contribution in [0.2, 0.25) is 0 Å². The van der Waals surface area contributed by atoms with E-state index >= 15 is 0 Å². The van der Waals surface area contributed by atoms with E-state index in [1.807, 2.05) is 0 Å². The minimum absolute atomic E-state index is 0.532. The molecule has 90 valence electrons. The molecule has 0 bridgehead atoms. The van der Waals surface area contributed by atoms with Gasteiger partial charge in [-0.3, -0.25) is 0 Å². The lowest BCUT2D eigenvalue weighted by Gasteiger charge is -2.22. The fraction of sp³-hybridized carbons (Fsp3) is 0.750. The van der Waals surface area contributed by atoms with Gasteiger partial charge in [-0.15, -0.1) is 5.10 Å². The summed E-state index contributed by atoms with van der Waals surface area (Å²) in [5.41, 5.74) is 0. The Bertz CT molecular complexity index is 332. The van der Waals surface area contributed by atoms with Gasteiger partial charge in [0.05, 0.1) is 12.8 Å². The molecule has 0 saturated carbocycles. The van der Waals surface area contributed by atoms with Crippen molar-refractivity contribution in [3.63, 3.8) is 0 Å². The van der Waals surface area contributed by atoms with Crippen LogP contribution in [-0.4, -0.2) is 66.6 Å². The van der Waals surface area contributed by atoms with E-state index in [1.165, 1.54) is 17.1 Å². The van der Waals surface area contributed by atoms with Crippen LogP contribution in [0, 0.1) is 0 Å². The Hall–Kier alpha value is -1.06. The van der Waals surface area contributed by atoms with Crippen molar-refractivity contribution in [2.24, 2.45) is 0 Å². The van der Waals surface area contributed by atoms with E-state index in [4.69, 9.17) is 9.84 Å². The van der Waals surface area contributed by atoms with Gasteiger partial charge in [0.15, 0.2) is 6.29 Å². The Morgan fingerprint density at radius 2 is 2.19 bits per heavy atom. The van der Waals surface area contributed by atoms with Gasteiger partial charge < -0.3 is 25.2 Å². The minimum Gasteiger partial charge on any atom is -0.394 e.